The van der Waals surface area contributed by atoms with Crippen LogP contribution in [0.4, 0.5) is 9.18 Å². The summed E-state index contributed by atoms with van der Waals surface area (Å²) in [4.78, 5) is 25.8. The number of ether oxygens (including phenoxy) is 1. The van der Waals surface area contributed by atoms with Gasteiger partial charge in [-0.1, -0.05) is 0 Å². The van der Waals surface area contributed by atoms with Crippen molar-refractivity contribution in [1.82, 2.24) is 15.5 Å². The second-order valence-electron chi connectivity index (χ2n) is 5.48. The van der Waals surface area contributed by atoms with Crippen molar-refractivity contribution in [1.29, 1.82) is 0 Å². The minimum absolute atomic E-state index is 0.168. The lowest BCUT2D eigenvalue weighted by Crippen LogP contribution is -2.54. The molecule has 24 heavy (non-hydrogen) atoms. The molecule has 2 aromatic rings. The van der Waals surface area contributed by atoms with E-state index in [0.717, 1.165) is 0 Å². The zero-order chi connectivity index (χ0) is 17.1. The van der Waals surface area contributed by atoms with E-state index in [9.17, 15) is 14.0 Å². The Morgan fingerprint density at radius 1 is 1.42 bits per heavy atom. The molecule has 0 bridgehead atoms. The van der Waals surface area contributed by atoms with Crippen LogP contribution in [-0.4, -0.2) is 56.2 Å². The van der Waals surface area contributed by atoms with Crippen molar-refractivity contribution in [3.05, 3.63) is 35.8 Å². The largest absolute Gasteiger partial charge is 0.464 e. The number of hydrogen-bond donors (Lipinski definition) is 2. The molecule has 0 spiro atoms. The maximum absolute atomic E-state index is 13.8. The molecule has 1 aromatic heterocycles. The fourth-order valence-corrected chi connectivity index (χ4v) is 2.75. The van der Waals surface area contributed by atoms with Gasteiger partial charge in [-0.2, -0.15) is 0 Å². The summed E-state index contributed by atoms with van der Waals surface area (Å²) in [5, 5.41) is 5.64. The Balaban J connectivity index is 1.85. The van der Waals surface area contributed by atoms with Gasteiger partial charge < -0.3 is 24.7 Å². The second-order valence-corrected chi connectivity index (χ2v) is 5.48. The number of carbonyl (C=O) groups is 2. The summed E-state index contributed by atoms with van der Waals surface area (Å²) >= 11 is 0. The molecule has 8 heteroatoms. The number of fused-ring (bicyclic) bond motifs is 1. The van der Waals surface area contributed by atoms with Gasteiger partial charge in [-0.15, -0.1) is 0 Å². The Morgan fingerprint density at radius 3 is 3.04 bits per heavy atom. The first-order chi connectivity index (χ1) is 11.6. The van der Waals surface area contributed by atoms with Crippen molar-refractivity contribution < 1.29 is 23.1 Å². The quantitative estimate of drug-likeness (QED) is 0.887. The number of halogens is 1. The first kappa shape index (κ1) is 16.3. The van der Waals surface area contributed by atoms with Gasteiger partial charge in [-0.3, -0.25) is 4.79 Å². The van der Waals surface area contributed by atoms with Gasteiger partial charge in [0.05, 0.1) is 31.1 Å². The third kappa shape index (κ3) is 3.18. The van der Waals surface area contributed by atoms with Crippen LogP contribution in [0.2, 0.25) is 0 Å². The Kier molecular flexibility index (Phi) is 4.66. The third-order valence-corrected chi connectivity index (χ3v) is 3.96. The fraction of sp³-hybridized carbons (Fsp3) is 0.375. The molecule has 0 radical (unpaired) electrons. The molecule has 1 aliphatic heterocycles. The maximum atomic E-state index is 13.8. The molecule has 3 rings (SSSR count). The van der Waals surface area contributed by atoms with Crippen LogP contribution >= 0.6 is 0 Å². The van der Waals surface area contributed by atoms with Crippen LogP contribution in [0.15, 0.2) is 28.9 Å². The molecule has 1 unspecified atom stereocenters. The average molecular weight is 335 g/mol. The number of morpholine rings is 1. The Morgan fingerprint density at radius 2 is 2.25 bits per heavy atom. The topological polar surface area (TPSA) is 83.8 Å². The van der Waals surface area contributed by atoms with Crippen LogP contribution < -0.4 is 10.6 Å². The number of nitrogens with one attached hydrogen (secondary N) is 2. The van der Waals surface area contributed by atoms with E-state index in [-0.39, 0.29) is 30.1 Å². The third-order valence-electron chi connectivity index (χ3n) is 3.96. The van der Waals surface area contributed by atoms with E-state index in [4.69, 9.17) is 9.15 Å². The van der Waals surface area contributed by atoms with E-state index in [1.807, 2.05) is 0 Å². The SMILES string of the molecule is CNC(=O)NCC1COCCN1C(=O)c1cc(F)cc2ccoc12. The van der Waals surface area contributed by atoms with Gasteiger partial charge in [0.1, 0.15) is 11.4 Å². The van der Waals surface area contributed by atoms with E-state index in [2.05, 4.69) is 10.6 Å². The van der Waals surface area contributed by atoms with Crippen molar-refractivity contribution in [3.63, 3.8) is 0 Å². The smallest absolute Gasteiger partial charge is 0.314 e. The lowest BCUT2D eigenvalue weighted by molar-refractivity contribution is -0.000729. The molecule has 0 saturated carbocycles. The molecule has 2 heterocycles. The van der Waals surface area contributed by atoms with Gasteiger partial charge in [-0.25, -0.2) is 9.18 Å². The molecule has 1 fully saturated rings. The summed E-state index contributed by atoms with van der Waals surface area (Å²) in [5.41, 5.74) is 0.521. The monoisotopic (exact) mass is 335 g/mol. The van der Waals surface area contributed by atoms with E-state index >= 15 is 0 Å². The highest BCUT2D eigenvalue weighted by molar-refractivity contribution is 6.05. The van der Waals surface area contributed by atoms with Crippen LogP contribution in [0.3, 0.4) is 0 Å². The minimum atomic E-state index is -0.499. The molecule has 0 aliphatic carbocycles. The number of furan rings is 1. The highest BCUT2D eigenvalue weighted by Crippen LogP contribution is 2.24. The number of benzene rings is 1. The summed E-state index contributed by atoms with van der Waals surface area (Å²) < 4.78 is 24.5. The molecule has 3 amide bonds. The van der Waals surface area contributed by atoms with Gasteiger partial charge in [0.25, 0.3) is 5.91 Å². The summed E-state index contributed by atoms with van der Waals surface area (Å²) in [5.74, 6) is -0.845. The van der Waals surface area contributed by atoms with E-state index < -0.39 is 5.82 Å². The van der Waals surface area contributed by atoms with E-state index in [0.29, 0.717) is 30.7 Å². The lowest BCUT2D eigenvalue weighted by atomic mass is 10.1. The lowest BCUT2D eigenvalue weighted by Gasteiger charge is -2.35. The number of amides is 3. The molecule has 1 atom stereocenters. The Bertz CT molecular complexity index is 761. The van der Waals surface area contributed by atoms with Gasteiger partial charge in [0, 0.05) is 25.5 Å². The van der Waals surface area contributed by atoms with Gasteiger partial charge in [0.15, 0.2) is 0 Å². The summed E-state index contributed by atoms with van der Waals surface area (Å²) in [6, 6.07) is 3.43. The van der Waals surface area contributed by atoms with Crippen molar-refractivity contribution >= 4 is 22.9 Å². The molecule has 128 valence electrons. The van der Waals surface area contributed by atoms with Crippen molar-refractivity contribution in [2.45, 2.75) is 6.04 Å². The van der Waals surface area contributed by atoms with Gasteiger partial charge in [-0.05, 0) is 18.2 Å². The number of urea groups is 1. The molecule has 2 N–H and O–H groups in total. The van der Waals surface area contributed by atoms with Crippen molar-refractivity contribution in [2.24, 2.45) is 0 Å². The highest BCUT2D eigenvalue weighted by Gasteiger charge is 2.30. The first-order valence-corrected chi connectivity index (χ1v) is 7.61. The number of hydrogen-bond acceptors (Lipinski definition) is 4. The Hall–Kier alpha value is -2.61. The van der Waals surface area contributed by atoms with Gasteiger partial charge in [0.2, 0.25) is 0 Å². The van der Waals surface area contributed by atoms with Crippen LogP contribution in [0.1, 0.15) is 10.4 Å². The molecule has 1 aromatic carbocycles. The molecule has 1 saturated heterocycles. The van der Waals surface area contributed by atoms with Crippen LogP contribution in [0.25, 0.3) is 11.0 Å². The summed E-state index contributed by atoms with van der Waals surface area (Å²) in [6.45, 7) is 1.28. The Labute approximate surface area is 137 Å². The second kappa shape index (κ2) is 6.88. The minimum Gasteiger partial charge on any atom is -0.464 e. The van der Waals surface area contributed by atoms with Crippen molar-refractivity contribution in [3.8, 4) is 0 Å². The van der Waals surface area contributed by atoms with E-state index in [1.54, 1.807) is 11.0 Å². The van der Waals surface area contributed by atoms with Crippen LogP contribution in [-0.2, 0) is 4.74 Å². The maximum Gasteiger partial charge on any atom is 0.314 e. The predicted octanol–water partition coefficient (Wildman–Crippen LogP) is 1.34. The molecule has 1 aliphatic rings. The highest BCUT2D eigenvalue weighted by atomic mass is 19.1. The fourth-order valence-electron chi connectivity index (χ4n) is 2.75. The number of rotatable bonds is 3. The van der Waals surface area contributed by atoms with E-state index in [1.165, 1.54) is 25.4 Å². The zero-order valence-corrected chi connectivity index (χ0v) is 13.2. The predicted molar refractivity (Wildman–Crippen MR) is 84.3 cm³/mol. The van der Waals surface area contributed by atoms with Crippen LogP contribution in [0.5, 0.6) is 0 Å². The van der Waals surface area contributed by atoms with Gasteiger partial charge >= 0.3 is 6.03 Å². The summed E-state index contributed by atoms with van der Waals surface area (Å²) in [6.07, 6.45) is 1.42. The zero-order valence-electron chi connectivity index (χ0n) is 13.2. The standard InChI is InChI=1S/C16H18FN3O4/c1-18-16(22)19-8-12-9-23-5-3-20(12)15(21)13-7-11(17)6-10-2-4-24-14(10)13/h2,4,6-7,12H,3,5,8-9H2,1H3,(H2,18,19,22). The first-order valence-electron chi connectivity index (χ1n) is 7.61. The molecular formula is C16H18FN3O4. The number of carbonyl (C=O) groups excluding carboxylic acids is 2. The number of nitrogens with zero attached hydrogens (tertiary/aromatic N) is 1. The normalized spacial score (nSPS) is 17.8. The molecule has 7 nitrogen and oxygen atoms in total. The van der Waals surface area contributed by atoms with Crippen molar-refractivity contribution in [2.75, 3.05) is 33.4 Å². The average Bonchev–Trinajstić information content (AvgIpc) is 3.06. The molecular weight excluding hydrogens is 317 g/mol. The van der Waals surface area contributed by atoms with Crippen LogP contribution in [0, 0.1) is 5.82 Å². The summed E-state index contributed by atoms with van der Waals surface area (Å²) in [7, 11) is 1.51.